The van der Waals surface area contributed by atoms with E-state index in [9.17, 15) is 4.79 Å². The van der Waals surface area contributed by atoms with E-state index in [2.05, 4.69) is 34.3 Å². The minimum Gasteiger partial charge on any atom is -0.496 e. The molecule has 3 rings (SSSR count). The summed E-state index contributed by atoms with van der Waals surface area (Å²) < 4.78 is 5.38. The Bertz CT molecular complexity index is 889. The molecule has 1 aliphatic carbocycles. The van der Waals surface area contributed by atoms with Crippen LogP contribution in [0, 0.1) is 5.92 Å². The molecule has 4 N–H and O–H groups in total. The Morgan fingerprint density at radius 3 is 2.52 bits per heavy atom. The number of nitrogens with two attached hydrogens (primary N) is 1. The summed E-state index contributed by atoms with van der Waals surface area (Å²) in [6.45, 7) is 4.17. The Kier molecular flexibility index (Phi) is 8.10. The number of methoxy groups -OCH3 is 1. The lowest BCUT2D eigenvalue weighted by Crippen LogP contribution is -2.43. The molecule has 164 valence electrons. The number of benzene rings is 2. The first-order valence-corrected chi connectivity index (χ1v) is 10.8. The quantitative estimate of drug-likeness (QED) is 0.344. The smallest absolute Gasteiger partial charge is 0.255 e. The van der Waals surface area contributed by atoms with Crippen LogP contribution in [-0.2, 0) is 0 Å². The van der Waals surface area contributed by atoms with E-state index in [0.29, 0.717) is 35.8 Å². The fraction of sp³-hybridized carbons (Fsp3) is 0.360. The Labute approximate surface area is 184 Å². The van der Waals surface area contributed by atoms with Gasteiger partial charge in [-0.25, -0.2) is 4.99 Å². The van der Waals surface area contributed by atoms with Crippen molar-refractivity contribution in [1.29, 1.82) is 0 Å². The zero-order chi connectivity index (χ0) is 22.1. The van der Waals surface area contributed by atoms with E-state index in [-0.39, 0.29) is 11.9 Å². The van der Waals surface area contributed by atoms with Crippen LogP contribution >= 0.6 is 0 Å². The number of rotatable bonds is 8. The second-order valence-electron chi connectivity index (χ2n) is 7.83. The van der Waals surface area contributed by atoms with E-state index in [0.717, 1.165) is 31.2 Å². The number of carbonyl (C=O) groups is 1. The summed E-state index contributed by atoms with van der Waals surface area (Å²) in [5, 5.41) is 6.59. The molecule has 6 heteroatoms. The Balaban J connectivity index is 1.71. The lowest BCUT2D eigenvalue weighted by Gasteiger charge is -2.35. The van der Waals surface area contributed by atoms with Gasteiger partial charge in [-0.15, -0.1) is 6.58 Å². The number of nitrogens with one attached hydrogen (secondary N) is 2. The second-order valence-corrected chi connectivity index (χ2v) is 7.83. The third-order valence-electron chi connectivity index (χ3n) is 5.78. The number of guanidine groups is 1. The monoisotopic (exact) mass is 420 g/mol. The molecule has 1 unspecified atom stereocenters. The minimum absolute atomic E-state index is 0.0636. The predicted octanol–water partition coefficient (Wildman–Crippen LogP) is 3.82. The summed E-state index contributed by atoms with van der Waals surface area (Å²) in [7, 11) is 1.58. The van der Waals surface area contributed by atoms with Crippen molar-refractivity contribution < 1.29 is 9.53 Å². The number of amides is 1. The molecule has 0 heterocycles. The van der Waals surface area contributed by atoms with Gasteiger partial charge >= 0.3 is 0 Å². The van der Waals surface area contributed by atoms with Crippen LogP contribution in [0.4, 0.5) is 0 Å². The molecule has 0 aliphatic heterocycles. The van der Waals surface area contributed by atoms with Crippen LogP contribution in [0.2, 0.25) is 0 Å². The Morgan fingerprint density at radius 2 is 1.84 bits per heavy atom. The van der Waals surface area contributed by atoms with Crippen LogP contribution in [0.15, 0.2) is 72.2 Å². The SMILES string of the molecule is C=CCN=C(N)N[C@H]1CC[C@@H](C(NC(=O)c2ccccc2OC)c2ccccc2)CC1. The van der Waals surface area contributed by atoms with Gasteiger partial charge < -0.3 is 21.1 Å². The normalized spacial score (nSPS) is 19.8. The highest BCUT2D eigenvalue weighted by Crippen LogP contribution is 2.35. The van der Waals surface area contributed by atoms with Crippen molar-refractivity contribution >= 4 is 11.9 Å². The molecule has 1 saturated carbocycles. The number of aliphatic imine (C=N–C) groups is 1. The number of hydrogen-bond acceptors (Lipinski definition) is 3. The van der Waals surface area contributed by atoms with Gasteiger partial charge in [-0.1, -0.05) is 48.5 Å². The molecule has 0 spiro atoms. The predicted molar refractivity (Wildman–Crippen MR) is 125 cm³/mol. The highest BCUT2D eigenvalue weighted by Gasteiger charge is 2.30. The maximum atomic E-state index is 13.1. The average molecular weight is 421 g/mol. The third kappa shape index (κ3) is 6.10. The van der Waals surface area contributed by atoms with Crippen molar-refractivity contribution in [3.63, 3.8) is 0 Å². The molecular weight excluding hydrogens is 388 g/mol. The first-order valence-electron chi connectivity index (χ1n) is 10.8. The van der Waals surface area contributed by atoms with Crippen LogP contribution in [0.3, 0.4) is 0 Å². The van der Waals surface area contributed by atoms with E-state index >= 15 is 0 Å². The molecule has 1 atom stereocenters. The number of para-hydroxylation sites is 1. The minimum atomic E-state index is -0.118. The van der Waals surface area contributed by atoms with Crippen LogP contribution in [0.5, 0.6) is 5.75 Å². The summed E-state index contributed by atoms with van der Waals surface area (Å²) in [5.74, 6) is 1.26. The molecule has 0 aromatic heterocycles. The van der Waals surface area contributed by atoms with Crippen LogP contribution < -0.4 is 21.1 Å². The Morgan fingerprint density at radius 1 is 1.16 bits per heavy atom. The van der Waals surface area contributed by atoms with Crippen molar-refractivity contribution in [2.45, 2.75) is 37.8 Å². The standard InChI is InChI=1S/C25H32N4O2/c1-3-17-27-25(26)28-20-15-13-19(14-16-20)23(18-9-5-4-6-10-18)29-24(30)21-11-7-8-12-22(21)31-2/h3-12,19-20,23H,1,13-17H2,2H3,(H,29,30)(H3,26,27,28)/t19-,20+,23?. The zero-order valence-electron chi connectivity index (χ0n) is 18.1. The van der Waals surface area contributed by atoms with Crippen LogP contribution in [0.25, 0.3) is 0 Å². The summed E-state index contributed by atoms with van der Waals surface area (Å²) in [6, 6.07) is 17.7. The van der Waals surface area contributed by atoms with Crippen molar-refractivity contribution in [1.82, 2.24) is 10.6 Å². The average Bonchev–Trinajstić information content (AvgIpc) is 2.82. The van der Waals surface area contributed by atoms with E-state index in [4.69, 9.17) is 10.5 Å². The number of ether oxygens (including phenoxy) is 1. The van der Waals surface area contributed by atoms with Gasteiger partial charge in [0.1, 0.15) is 5.75 Å². The fourth-order valence-electron chi connectivity index (χ4n) is 4.20. The number of carbonyl (C=O) groups excluding carboxylic acids is 1. The van der Waals surface area contributed by atoms with Gasteiger partial charge in [-0.3, -0.25) is 4.79 Å². The third-order valence-corrected chi connectivity index (χ3v) is 5.78. The summed E-state index contributed by atoms with van der Waals surface area (Å²) in [6.07, 6.45) is 5.64. The molecule has 0 radical (unpaired) electrons. The van der Waals surface area contributed by atoms with Gasteiger partial charge in [0.2, 0.25) is 0 Å². The van der Waals surface area contributed by atoms with Crippen molar-refractivity contribution in [2.24, 2.45) is 16.6 Å². The lowest BCUT2D eigenvalue weighted by atomic mass is 9.79. The topological polar surface area (TPSA) is 88.7 Å². The van der Waals surface area contributed by atoms with E-state index in [1.165, 1.54) is 0 Å². The summed E-state index contributed by atoms with van der Waals surface area (Å²) in [4.78, 5) is 17.3. The largest absolute Gasteiger partial charge is 0.496 e. The van der Waals surface area contributed by atoms with E-state index < -0.39 is 0 Å². The van der Waals surface area contributed by atoms with Crippen LogP contribution in [-0.4, -0.2) is 31.6 Å². The van der Waals surface area contributed by atoms with Crippen molar-refractivity contribution in [2.75, 3.05) is 13.7 Å². The molecule has 0 bridgehead atoms. The molecule has 1 amide bonds. The first-order chi connectivity index (χ1) is 15.1. The molecule has 1 aliphatic rings. The van der Waals surface area contributed by atoms with Gasteiger partial charge in [-0.2, -0.15) is 0 Å². The summed E-state index contributed by atoms with van der Waals surface area (Å²) >= 11 is 0. The number of hydrogen-bond donors (Lipinski definition) is 3. The maximum Gasteiger partial charge on any atom is 0.255 e. The molecule has 31 heavy (non-hydrogen) atoms. The van der Waals surface area contributed by atoms with Crippen molar-refractivity contribution in [3.05, 3.63) is 78.4 Å². The molecule has 2 aromatic carbocycles. The number of nitrogens with zero attached hydrogens (tertiary/aromatic N) is 1. The highest BCUT2D eigenvalue weighted by molar-refractivity contribution is 5.97. The second kappa shape index (κ2) is 11.2. The molecule has 2 aromatic rings. The fourth-order valence-corrected chi connectivity index (χ4v) is 4.20. The van der Waals surface area contributed by atoms with Gasteiger partial charge in [-0.05, 0) is 49.3 Å². The first kappa shape index (κ1) is 22.4. The molecule has 1 fully saturated rings. The molecular formula is C25H32N4O2. The van der Waals surface area contributed by atoms with Crippen molar-refractivity contribution in [3.8, 4) is 5.75 Å². The molecule has 6 nitrogen and oxygen atoms in total. The van der Waals surface area contributed by atoms with Gasteiger partial charge in [0, 0.05) is 6.04 Å². The van der Waals surface area contributed by atoms with Crippen LogP contribution in [0.1, 0.15) is 47.6 Å². The van der Waals surface area contributed by atoms with Gasteiger partial charge in [0.25, 0.3) is 5.91 Å². The van der Waals surface area contributed by atoms with Gasteiger partial charge in [0.05, 0.1) is 25.3 Å². The highest BCUT2D eigenvalue weighted by atomic mass is 16.5. The maximum absolute atomic E-state index is 13.1. The summed E-state index contributed by atoms with van der Waals surface area (Å²) in [5.41, 5.74) is 7.62. The lowest BCUT2D eigenvalue weighted by molar-refractivity contribution is 0.0907. The van der Waals surface area contributed by atoms with Gasteiger partial charge in [0.15, 0.2) is 5.96 Å². The molecule has 0 saturated heterocycles. The van der Waals surface area contributed by atoms with E-state index in [1.54, 1.807) is 19.3 Å². The zero-order valence-corrected chi connectivity index (χ0v) is 18.1. The van der Waals surface area contributed by atoms with E-state index in [1.807, 2.05) is 36.4 Å². The Hall–Kier alpha value is -3.28.